The first-order valence-electron chi connectivity index (χ1n) is 32.4. The molecule has 486 valence electrons. The average molecular weight is 1290 g/mol. The van der Waals surface area contributed by atoms with Gasteiger partial charge in [-0.05, 0) is 128 Å². The van der Waals surface area contributed by atoms with Crippen LogP contribution in [0, 0.1) is 6.92 Å². The predicted molar refractivity (Wildman–Crippen MR) is 363 cm³/mol. The third kappa shape index (κ3) is 13.5. The zero-order chi connectivity index (χ0) is 65.8. The summed E-state index contributed by atoms with van der Waals surface area (Å²) >= 11 is 0. The summed E-state index contributed by atoms with van der Waals surface area (Å²) in [5.41, 5.74) is 10.3. The first-order valence-corrected chi connectivity index (χ1v) is 32.4. The van der Waals surface area contributed by atoms with Gasteiger partial charge >= 0.3 is 0 Å². The quantitative estimate of drug-likeness (QED) is 0.0662. The summed E-state index contributed by atoms with van der Waals surface area (Å²) in [5, 5.41) is 22.9. The molecule has 1 aliphatic carbocycles. The molecule has 4 aliphatic heterocycles. The van der Waals surface area contributed by atoms with E-state index in [9.17, 15) is 19.2 Å². The Morgan fingerprint density at radius 1 is 0.531 bits per heavy atom. The van der Waals surface area contributed by atoms with Gasteiger partial charge in [-0.3, -0.25) is 39.2 Å². The highest BCUT2D eigenvalue weighted by Crippen LogP contribution is 2.39. The standard InChI is InChI=1S/C37H37N9O3.C35H35N9O3/c1-49-37(36(48)41-28-9-10-30-29(21-28)33(44-43-30)31-11-17-40-35(42-31)27-7-8-27)14-20-45(23-37)22-32(47)46-18-12-25(13-19-46)24-3-5-26(6-4-24)34-38-15-2-16-39-34;1-23-36-16-10-30(39-23)32-28-20-27(8-9-29(28)41-42-32)40-34(46)35(47-2)13-19-43(22-35)21-31(45)44-17-11-25(12-18-44)24-4-6-26(7-5-24)33-37-14-3-15-38-33/h2-6,9-12,15-17,21,27H,7-8,13-14,18-20,22-23H2,1H3,(H,41,48)(H,43,44);3-11,14-16,20H,12-13,17-19,21-22H2,1-2H3,(H,40,46)(H,41,42)/t37-;35-/m00/s1. The maximum Gasteiger partial charge on any atom is 0.258 e. The van der Waals surface area contributed by atoms with Crippen LogP contribution in [-0.2, 0) is 28.7 Å². The van der Waals surface area contributed by atoms with Gasteiger partial charge in [0.05, 0.1) is 35.5 Å². The molecule has 0 bridgehead atoms. The monoisotopic (exact) mass is 1280 g/mol. The number of carbonyl (C=O) groups is 4. The first-order chi connectivity index (χ1) is 46.9. The van der Waals surface area contributed by atoms with Gasteiger partial charge in [0, 0.05) is 143 Å². The van der Waals surface area contributed by atoms with Gasteiger partial charge in [-0.15, -0.1) is 0 Å². The minimum absolute atomic E-state index is 0.0436. The number of aromatic amines is 2. The number of nitrogens with one attached hydrogen (secondary N) is 4. The van der Waals surface area contributed by atoms with Gasteiger partial charge in [-0.25, -0.2) is 39.9 Å². The lowest BCUT2D eigenvalue weighted by Crippen LogP contribution is -2.48. The summed E-state index contributed by atoms with van der Waals surface area (Å²) in [7, 11) is 3.11. The lowest BCUT2D eigenvalue weighted by Gasteiger charge is -2.30. The zero-order valence-corrected chi connectivity index (χ0v) is 53.6. The highest BCUT2D eigenvalue weighted by molar-refractivity contribution is 6.03. The smallest absolute Gasteiger partial charge is 0.258 e. The number of carbonyl (C=O) groups excluding carboxylic acids is 4. The van der Waals surface area contributed by atoms with Crippen LogP contribution in [0.25, 0.3) is 78.5 Å². The molecule has 96 heavy (non-hydrogen) atoms. The number of hydrogen-bond donors (Lipinski definition) is 4. The Morgan fingerprint density at radius 3 is 1.41 bits per heavy atom. The van der Waals surface area contributed by atoms with E-state index in [1.807, 2.05) is 99.3 Å². The summed E-state index contributed by atoms with van der Waals surface area (Å²) in [5.74, 6) is 2.95. The van der Waals surface area contributed by atoms with Crippen molar-refractivity contribution in [3.05, 3.63) is 181 Å². The summed E-state index contributed by atoms with van der Waals surface area (Å²) in [4.78, 5) is 96.9. The van der Waals surface area contributed by atoms with Crippen molar-refractivity contribution >= 4 is 68.0 Å². The van der Waals surface area contributed by atoms with E-state index in [0.29, 0.717) is 111 Å². The van der Waals surface area contributed by atoms with Gasteiger partial charge in [0.15, 0.2) is 22.9 Å². The summed E-state index contributed by atoms with van der Waals surface area (Å²) < 4.78 is 11.7. The van der Waals surface area contributed by atoms with Gasteiger partial charge < -0.3 is 29.9 Å². The van der Waals surface area contributed by atoms with Crippen LogP contribution in [0.1, 0.15) is 67.2 Å². The van der Waals surface area contributed by atoms with Crippen molar-refractivity contribution in [2.75, 3.05) is 90.3 Å². The fraction of sp³-hybridized carbons (Fsp3) is 0.306. The molecule has 1 saturated carbocycles. The van der Waals surface area contributed by atoms with E-state index in [2.05, 4.69) is 102 Å². The fourth-order valence-corrected chi connectivity index (χ4v) is 13.0. The molecule has 24 heteroatoms. The number of aromatic nitrogens is 12. The molecule has 10 aromatic rings. The van der Waals surface area contributed by atoms with E-state index in [4.69, 9.17) is 14.5 Å². The molecule has 4 aromatic carbocycles. The summed E-state index contributed by atoms with van der Waals surface area (Å²) in [6.07, 6.45) is 19.4. The van der Waals surface area contributed by atoms with E-state index >= 15 is 0 Å². The van der Waals surface area contributed by atoms with Crippen molar-refractivity contribution < 1.29 is 28.7 Å². The highest BCUT2D eigenvalue weighted by Gasteiger charge is 2.47. The number of anilines is 2. The van der Waals surface area contributed by atoms with Crippen LogP contribution in [0.4, 0.5) is 11.4 Å². The number of benzene rings is 4. The molecule has 24 nitrogen and oxygen atoms in total. The van der Waals surface area contributed by atoms with Crippen LogP contribution in [0.15, 0.2) is 159 Å². The minimum atomic E-state index is -1.07. The van der Waals surface area contributed by atoms with Crippen LogP contribution in [0.3, 0.4) is 0 Å². The molecule has 4 amide bonds. The number of aryl methyl sites for hydroxylation is 1. The molecular weight excluding hydrogens is 1210 g/mol. The van der Waals surface area contributed by atoms with Crippen molar-refractivity contribution in [2.24, 2.45) is 0 Å². The molecule has 2 atom stereocenters. The second kappa shape index (κ2) is 27.4. The largest absolute Gasteiger partial charge is 0.367 e. The van der Waals surface area contributed by atoms with E-state index < -0.39 is 11.2 Å². The van der Waals surface area contributed by atoms with Crippen LogP contribution in [0.5, 0.6) is 0 Å². The maximum atomic E-state index is 13.7. The first kappa shape index (κ1) is 62.8. The van der Waals surface area contributed by atoms with Crippen molar-refractivity contribution in [1.82, 2.24) is 79.9 Å². The third-order valence-corrected chi connectivity index (χ3v) is 18.8. The molecule has 0 unspecified atom stereocenters. The average Bonchev–Trinajstić information content (AvgIpc) is 1.66. The molecule has 5 aliphatic rings. The Kier molecular flexibility index (Phi) is 17.9. The number of ether oxygens (including phenoxy) is 2. The SMILES string of the molecule is CO[C@@]1(C(=O)Nc2ccc3[nH]nc(-c4ccnc(C)n4)c3c2)CCN(CC(=O)N2CC=C(c3ccc(-c4ncccn4)cc3)CC2)C1.CO[C@@]1(C(=O)Nc2ccc3[nH]nc(-c4ccnc(C5CC5)n4)c3c2)CCN(CC(=O)N2CC=C(c3ccc(-c4ncccn4)cc3)CC2)C1. The molecule has 3 fully saturated rings. The lowest BCUT2D eigenvalue weighted by molar-refractivity contribution is -0.138. The third-order valence-electron chi connectivity index (χ3n) is 18.8. The highest BCUT2D eigenvalue weighted by atomic mass is 16.5. The van der Waals surface area contributed by atoms with Gasteiger partial charge in [-0.1, -0.05) is 60.7 Å². The van der Waals surface area contributed by atoms with Gasteiger partial charge in [0.1, 0.15) is 23.0 Å². The van der Waals surface area contributed by atoms with Gasteiger partial charge in [0.25, 0.3) is 11.8 Å². The lowest BCUT2D eigenvalue weighted by atomic mass is 9.98. The van der Waals surface area contributed by atoms with E-state index in [0.717, 1.165) is 87.0 Å². The molecular formula is C72H72N18O6. The summed E-state index contributed by atoms with van der Waals surface area (Å²) in [6, 6.07) is 35.0. The second-order valence-electron chi connectivity index (χ2n) is 24.9. The Balaban J connectivity index is 0.000000165. The number of rotatable bonds is 17. The van der Waals surface area contributed by atoms with Gasteiger partial charge in [0.2, 0.25) is 11.8 Å². The normalized spacial score (nSPS) is 19.0. The van der Waals surface area contributed by atoms with Crippen LogP contribution < -0.4 is 10.6 Å². The molecule has 6 aromatic heterocycles. The van der Waals surface area contributed by atoms with E-state index in [-0.39, 0.29) is 36.7 Å². The van der Waals surface area contributed by atoms with Crippen molar-refractivity contribution in [3.63, 3.8) is 0 Å². The fourth-order valence-electron chi connectivity index (χ4n) is 13.0. The Labute approximate surface area is 553 Å². The Hall–Kier alpha value is -10.7. The van der Waals surface area contributed by atoms with Crippen LogP contribution >= 0.6 is 0 Å². The topological polar surface area (TPSA) is 284 Å². The molecule has 10 heterocycles. The number of methoxy groups -OCH3 is 2. The number of H-pyrrole nitrogens is 2. The Bertz CT molecular complexity index is 4580. The maximum absolute atomic E-state index is 13.7. The van der Waals surface area contributed by atoms with E-state index in [1.54, 1.807) is 63.5 Å². The van der Waals surface area contributed by atoms with Gasteiger partial charge in [-0.2, -0.15) is 10.2 Å². The molecule has 2 saturated heterocycles. The van der Waals surface area contributed by atoms with Crippen molar-refractivity contribution in [2.45, 2.75) is 62.6 Å². The number of fused-ring (bicyclic) bond motifs is 2. The van der Waals surface area contributed by atoms with Crippen LogP contribution in [0.2, 0.25) is 0 Å². The molecule has 15 rings (SSSR count). The minimum Gasteiger partial charge on any atom is -0.367 e. The van der Waals surface area contributed by atoms with Crippen LogP contribution in [-0.4, -0.2) is 194 Å². The number of hydrogen-bond acceptors (Lipinski definition) is 18. The predicted octanol–water partition coefficient (Wildman–Crippen LogP) is 8.83. The van der Waals surface area contributed by atoms with Crippen molar-refractivity contribution in [1.29, 1.82) is 0 Å². The number of nitrogens with zero attached hydrogens (tertiary/aromatic N) is 14. The second-order valence-corrected chi connectivity index (χ2v) is 24.9. The summed E-state index contributed by atoms with van der Waals surface area (Å²) in [6.45, 7) is 6.51. The van der Waals surface area contributed by atoms with E-state index in [1.165, 1.54) is 11.1 Å². The molecule has 4 N–H and O–H groups in total. The number of likely N-dealkylation sites (tertiary alicyclic amines) is 2. The molecule has 0 spiro atoms. The molecule has 0 radical (unpaired) electrons. The number of amides is 4. The van der Waals surface area contributed by atoms with Crippen molar-refractivity contribution in [3.8, 4) is 45.6 Å². The Morgan fingerprint density at radius 2 is 0.979 bits per heavy atom. The zero-order valence-electron chi connectivity index (χ0n) is 53.6.